The zero-order chi connectivity index (χ0) is 13.9. The molecule has 2 aromatic rings. The number of carbonyl (C=O) groups excluding carboxylic acids is 1. The number of likely N-dealkylation sites (tertiary alicyclic amines) is 1. The molecule has 1 fully saturated rings. The minimum absolute atomic E-state index is 0.0640. The molecule has 0 radical (unpaired) electrons. The average Bonchev–Trinajstić information content (AvgIpc) is 3.10. The third kappa shape index (κ3) is 2.72. The molecule has 1 atom stereocenters. The van der Waals surface area contributed by atoms with E-state index in [1.165, 1.54) is 24.1 Å². The molecule has 2 heterocycles. The largest absolute Gasteiger partial charge is 0.350 e. The third-order valence-electron chi connectivity index (χ3n) is 4.05. The minimum atomic E-state index is 0.0640. The fraction of sp³-hybridized carbons (Fsp3) is 0.438. The van der Waals surface area contributed by atoms with Gasteiger partial charge in [-0.15, -0.1) is 11.3 Å². The Morgan fingerprint density at radius 1 is 1.45 bits per heavy atom. The monoisotopic (exact) mass is 288 g/mol. The van der Waals surface area contributed by atoms with Crippen LogP contribution < -0.4 is 5.32 Å². The minimum Gasteiger partial charge on any atom is -0.350 e. The highest BCUT2D eigenvalue weighted by atomic mass is 32.1. The number of hydrogen-bond donors (Lipinski definition) is 1. The van der Waals surface area contributed by atoms with Crippen LogP contribution in [0.2, 0.25) is 0 Å². The van der Waals surface area contributed by atoms with Crippen molar-refractivity contribution >= 4 is 27.3 Å². The van der Waals surface area contributed by atoms with E-state index in [2.05, 4.69) is 29.3 Å². The van der Waals surface area contributed by atoms with Gasteiger partial charge in [-0.1, -0.05) is 25.1 Å². The van der Waals surface area contributed by atoms with Crippen molar-refractivity contribution in [3.05, 3.63) is 35.2 Å². The van der Waals surface area contributed by atoms with Crippen molar-refractivity contribution in [1.82, 2.24) is 10.2 Å². The molecular weight excluding hydrogens is 268 g/mol. The summed E-state index contributed by atoms with van der Waals surface area (Å²) in [5.41, 5.74) is 0. The quantitative estimate of drug-likeness (QED) is 0.937. The number of likely N-dealkylation sites (N-methyl/N-ethyl adjacent to an activating group) is 1. The van der Waals surface area contributed by atoms with Gasteiger partial charge in [0.25, 0.3) is 5.91 Å². The number of amides is 1. The Bertz CT molecular complexity index is 574. The molecule has 0 bridgehead atoms. The van der Waals surface area contributed by atoms with Gasteiger partial charge in [0.2, 0.25) is 0 Å². The Balaban J connectivity index is 1.64. The highest BCUT2D eigenvalue weighted by molar-refractivity contribution is 7.20. The van der Waals surface area contributed by atoms with Crippen molar-refractivity contribution in [3.8, 4) is 0 Å². The molecule has 1 saturated heterocycles. The normalized spacial score (nSPS) is 19.6. The maximum atomic E-state index is 12.2. The number of nitrogens with zero attached hydrogens (tertiary/aromatic N) is 1. The lowest BCUT2D eigenvalue weighted by Gasteiger charge is -2.22. The average molecular weight is 288 g/mol. The van der Waals surface area contributed by atoms with Crippen molar-refractivity contribution in [3.63, 3.8) is 0 Å². The van der Waals surface area contributed by atoms with Crippen LogP contribution in [0.5, 0.6) is 0 Å². The Morgan fingerprint density at radius 2 is 2.30 bits per heavy atom. The molecule has 3 rings (SSSR count). The molecule has 106 valence electrons. The van der Waals surface area contributed by atoms with Crippen LogP contribution in [0.4, 0.5) is 0 Å². The van der Waals surface area contributed by atoms with E-state index in [0.717, 1.165) is 23.4 Å². The van der Waals surface area contributed by atoms with Gasteiger partial charge in [0, 0.05) is 17.3 Å². The van der Waals surface area contributed by atoms with E-state index in [4.69, 9.17) is 0 Å². The van der Waals surface area contributed by atoms with Crippen molar-refractivity contribution < 1.29 is 4.79 Å². The van der Waals surface area contributed by atoms with E-state index in [0.29, 0.717) is 6.04 Å². The van der Waals surface area contributed by atoms with Crippen LogP contribution >= 0.6 is 11.3 Å². The first-order chi connectivity index (χ1) is 9.78. The van der Waals surface area contributed by atoms with Gasteiger partial charge >= 0.3 is 0 Å². The molecule has 1 aromatic carbocycles. The Morgan fingerprint density at radius 3 is 3.10 bits per heavy atom. The second-order valence-electron chi connectivity index (χ2n) is 5.28. The van der Waals surface area contributed by atoms with Gasteiger partial charge in [-0.3, -0.25) is 9.69 Å². The highest BCUT2D eigenvalue weighted by Crippen LogP contribution is 2.25. The van der Waals surface area contributed by atoms with E-state index >= 15 is 0 Å². The first-order valence-electron chi connectivity index (χ1n) is 7.28. The molecule has 1 amide bonds. The molecule has 0 aliphatic carbocycles. The van der Waals surface area contributed by atoms with Gasteiger partial charge in [0.05, 0.1) is 4.88 Å². The predicted molar refractivity (Wildman–Crippen MR) is 84.4 cm³/mol. The van der Waals surface area contributed by atoms with Crippen LogP contribution in [0, 0.1) is 0 Å². The van der Waals surface area contributed by atoms with Crippen LogP contribution in [0.15, 0.2) is 30.3 Å². The van der Waals surface area contributed by atoms with Crippen molar-refractivity contribution in [2.75, 3.05) is 19.6 Å². The fourth-order valence-electron chi connectivity index (χ4n) is 2.93. The molecule has 1 aliphatic heterocycles. The molecular formula is C16H20N2OS. The summed E-state index contributed by atoms with van der Waals surface area (Å²) in [4.78, 5) is 15.5. The van der Waals surface area contributed by atoms with Gasteiger partial charge in [-0.2, -0.15) is 0 Å². The summed E-state index contributed by atoms with van der Waals surface area (Å²) in [6.45, 7) is 5.19. The molecule has 3 nitrogen and oxygen atoms in total. The number of rotatable bonds is 4. The van der Waals surface area contributed by atoms with E-state index in [-0.39, 0.29) is 5.91 Å². The second-order valence-corrected chi connectivity index (χ2v) is 6.37. The van der Waals surface area contributed by atoms with Gasteiger partial charge in [0.15, 0.2) is 0 Å². The SMILES string of the molecule is CCN1CCCC1CNC(=O)c1cc2ccccc2s1. The summed E-state index contributed by atoms with van der Waals surface area (Å²) >= 11 is 1.57. The Kier molecular flexibility index (Phi) is 4.03. The van der Waals surface area contributed by atoms with E-state index in [1.807, 2.05) is 18.2 Å². The number of benzene rings is 1. The summed E-state index contributed by atoms with van der Waals surface area (Å²) < 4.78 is 1.17. The van der Waals surface area contributed by atoms with Gasteiger partial charge in [-0.25, -0.2) is 0 Å². The van der Waals surface area contributed by atoms with Gasteiger partial charge in [-0.05, 0) is 43.5 Å². The first kappa shape index (κ1) is 13.6. The summed E-state index contributed by atoms with van der Waals surface area (Å²) in [6, 6.07) is 10.6. The lowest BCUT2D eigenvalue weighted by atomic mass is 10.2. The van der Waals surface area contributed by atoms with Crippen LogP contribution in [-0.2, 0) is 0 Å². The predicted octanol–water partition coefficient (Wildman–Crippen LogP) is 3.12. The summed E-state index contributed by atoms with van der Waals surface area (Å²) in [5.74, 6) is 0.0640. The standard InChI is InChI=1S/C16H20N2OS/c1-2-18-9-5-7-13(18)11-17-16(19)15-10-12-6-3-4-8-14(12)20-15/h3-4,6,8,10,13H,2,5,7,9,11H2,1H3,(H,17,19). The summed E-state index contributed by atoms with van der Waals surface area (Å²) in [5, 5.41) is 4.25. The molecule has 0 saturated carbocycles. The lowest BCUT2D eigenvalue weighted by Crippen LogP contribution is -2.39. The van der Waals surface area contributed by atoms with E-state index < -0.39 is 0 Å². The van der Waals surface area contributed by atoms with E-state index in [1.54, 1.807) is 11.3 Å². The maximum Gasteiger partial charge on any atom is 0.261 e. The van der Waals surface area contributed by atoms with Crippen molar-refractivity contribution in [2.24, 2.45) is 0 Å². The summed E-state index contributed by atoms with van der Waals surface area (Å²) in [7, 11) is 0. The van der Waals surface area contributed by atoms with Crippen LogP contribution in [0.25, 0.3) is 10.1 Å². The highest BCUT2D eigenvalue weighted by Gasteiger charge is 2.23. The number of thiophene rings is 1. The topological polar surface area (TPSA) is 32.3 Å². The summed E-state index contributed by atoms with van der Waals surface area (Å²) in [6.07, 6.45) is 2.44. The second kappa shape index (κ2) is 5.94. The third-order valence-corrected chi connectivity index (χ3v) is 5.17. The van der Waals surface area contributed by atoms with Gasteiger partial charge < -0.3 is 5.32 Å². The number of nitrogens with one attached hydrogen (secondary N) is 1. The van der Waals surface area contributed by atoms with E-state index in [9.17, 15) is 4.79 Å². The van der Waals surface area contributed by atoms with Crippen molar-refractivity contribution in [2.45, 2.75) is 25.8 Å². The first-order valence-corrected chi connectivity index (χ1v) is 8.10. The zero-order valence-corrected chi connectivity index (χ0v) is 12.6. The smallest absolute Gasteiger partial charge is 0.261 e. The van der Waals surface area contributed by atoms with Crippen molar-refractivity contribution in [1.29, 1.82) is 0 Å². The molecule has 1 aliphatic rings. The molecule has 1 aromatic heterocycles. The molecule has 1 unspecified atom stereocenters. The van der Waals surface area contributed by atoms with Crippen LogP contribution in [0.3, 0.4) is 0 Å². The number of hydrogen-bond acceptors (Lipinski definition) is 3. The maximum absolute atomic E-state index is 12.2. The molecule has 1 N–H and O–H groups in total. The number of fused-ring (bicyclic) bond motifs is 1. The molecule has 4 heteroatoms. The van der Waals surface area contributed by atoms with Crippen LogP contribution in [0.1, 0.15) is 29.4 Å². The Hall–Kier alpha value is -1.39. The zero-order valence-electron chi connectivity index (χ0n) is 11.8. The number of carbonyl (C=O) groups is 1. The Labute approximate surface area is 123 Å². The molecule has 20 heavy (non-hydrogen) atoms. The van der Waals surface area contributed by atoms with Gasteiger partial charge in [0.1, 0.15) is 0 Å². The fourth-order valence-corrected chi connectivity index (χ4v) is 3.91. The van der Waals surface area contributed by atoms with Crippen LogP contribution in [-0.4, -0.2) is 36.5 Å². The molecule has 0 spiro atoms. The lowest BCUT2D eigenvalue weighted by molar-refractivity contribution is 0.0945.